The molecule has 1 unspecified atom stereocenters. The molecule has 2 aliphatic rings. The number of β-amino-alcohol motifs (C(OH)–C–C–N with tert-alkyl or cyclic N) is 1. The standard InChI is InChI=1S/C20H33N3O3S/c24-18(16-26-17-19-6-5-13-27-19)14-21-9-11-22(12-10-21)15-20(25)23-7-3-1-2-4-8-23/h5-6,13,18,24H,1-4,7-12,14-17H2. The van der Waals surface area contributed by atoms with Gasteiger partial charge in [-0.25, -0.2) is 0 Å². The lowest BCUT2D eigenvalue weighted by molar-refractivity contribution is -0.132. The number of aliphatic hydroxyl groups is 1. The van der Waals surface area contributed by atoms with Crippen molar-refractivity contribution in [1.29, 1.82) is 0 Å². The van der Waals surface area contributed by atoms with Crippen molar-refractivity contribution in [1.82, 2.24) is 14.7 Å². The lowest BCUT2D eigenvalue weighted by Crippen LogP contribution is -2.51. The van der Waals surface area contributed by atoms with Crippen LogP contribution in [0.1, 0.15) is 30.6 Å². The summed E-state index contributed by atoms with van der Waals surface area (Å²) in [5.41, 5.74) is 0. The normalized spacial score (nSPS) is 21.1. The second kappa shape index (κ2) is 11.1. The highest BCUT2D eigenvalue weighted by Gasteiger charge is 2.23. The largest absolute Gasteiger partial charge is 0.389 e. The molecule has 6 nitrogen and oxygen atoms in total. The number of carbonyl (C=O) groups excluding carboxylic acids is 1. The van der Waals surface area contributed by atoms with Crippen LogP contribution in [0.4, 0.5) is 0 Å². The average molecular weight is 396 g/mol. The SMILES string of the molecule is O=C(CN1CCN(CC(O)COCc2cccs2)CC1)N1CCCCCC1. The minimum Gasteiger partial charge on any atom is -0.389 e. The Labute approximate surface area is 166 Å². The van der Waals surface area contributed by atoms with Crippen LogP contribution < -0.4 is 0 Å². The van der Waals surface area contributed by atoms with Gasteiger partial charge in [-0.05, 0) is 24.3 Å². The second-order valence-electron chi connectivity index (χ2n) is 7.62. The third-order valence-electron chi connectivity index (χ3n) is 5.39. The highest BCUT2D eigenvalue weighted by molar-refractivity contribution is 7.09. The van der Waals surface area contributed by atoms with Crippen molar-refractivity contribution in [2.75, 3.05) is 59.0 Å². The van der Waals surface area contributed by atoms with Gasteiger partial charge in [-0.1, -0.05) is 18.9 Å². The number of amides is 1. The molecule has 3 rings (SSSR count). The Bertz CT molecular complexity index is 539. The first kappa shape index (κ1) is 20.7. The number of rotatable bonds is 8. The van der Waals surface area contributed by atoms with Crippen molar-refractivity contribution in [3.05, 3.63) is 22.4 Å². The molecule has 7 heteroatoms. The summed E-state index contributed by atoms with van der Waals surface area (Å²) in [5, 5.41) is 12.2. The summed E-state index contributed by atoms with van der Waals surface area (Å²) in [6, 6.07) is 4.06. The molecule has 1 aromatic rings. The molecule has 1 N–H and O–H groups in total. The van der Waals surface area contributed by atoms with Crippen LogP contribution in [0.2, 0.25) is 0 Å². The van der Waals surface area contributed by atoms with Crippen LogP contribution in [0.3, 0.4) is 0 Å². The van der Waals surface area contributed by atoms with Crippen LogP contribution in [0.5, 0.6) is 0 Å². The molecule has 1 aromatic heterocycles. The molecule has 0 aliphatic carbocycles. The number of thiophene rings is 1. The maximum absolute atomic E-state index is 12.5. The number of carbonyl (C=O) groups is 1. The molecule has 1 amide bonds. The van der Waals surface area contributed by atoms with Crippen LogP contribution in [0.15, 0.2) is 17.5 Å². The van der Waals surface area contributed by atoms with Crippen molar-refractivity contribution in [2.45, 2.75) is 38.4 Å². The second-order valence-corrected chi connectivity index (χ2v) is 8.65. The van der Waals surface area contributed by atoms with E-state index in [-0.39, 0.29) is 5.91 Å². The third kappa shape index (κ3) is 7.16. The van der Waals surface area contributed by atoms with Gasteiger partial charge in [0.05, 0.1) is 25.9 Å². The predicted octanol–water partition coefficient (Wildman–Crippen LogP) is 1.65. The Morgan fingerprint density at radius 1 is 1.07 bits per heavy atom. The average Bonchev–Trinajstić information content (AvgIpc) is 3.03. The highest BCUT2D eigenvalue weighted by atomic mass is 32.1. The van der Waals surface area contributed by atoms with Crippen molar-refractivity contribution in [3.63, 3.8) is 0 Å². The van der Waals surface area contributed by atoms with Gasteiger partial charge in [0.25, 0.3) is 0 Å². The van der Waals surface area contributed by atoms with E-state index in [0.29, 0.717) is 26.3 Å². The van der Waals surface area contributed by atoms with Gasteiger partial charge in [0, 0.05) is 50.7 Å². The summed E-state index contributed by atoms with van der Waals surface area (Å²) in [6.45, 7) is 7.55. The van der Waals surface area contributed by atoms with E-state index in [2.05, 4.69) is 9.80 Å². The summed E-state index contributed by atoms with van der Waals surface area (Å²) in [6.07, 6.45) is 4.33. The zero-order valence-corrected chi connectivity index (χ0v) is 17.0. The van der Waals surface area contributed by atoms with E-state index in [1.165, 1.54) is 17.7 Å². The number of nitrogens with zero attached hydrogens (tertiary/aromatic N) is 3. The molecular formula is C20H33N3O3S. The molecule has 1 atom stereocenters. The summed E-state index contributed by atoms with van der Waals surface area (Å²) in [4.78, 5) is 20.3. The lowest BCUT2D eigenvalue weighted by atomic mass is 10.2. The van der Waals surface area contributed by atoms with E-state index in [9.17, 15) is 9.90 Å². The van der Waals surface area contributed by atoms with Gasteiger partial charge in [0.2, 0.25) is 5.91 Å². The van der Waals surface area contributed by atoms with Gasteiger partial charge in [-0.3, -0.25) is 14.6 Å². The highest BCUT2D eigenvalue weighted by Crippen LogP contribution is 2.12. The summed E-state index contributed by atoms with van der Waals surface area (Å²) in [7, 11) is 0. The molecule has 0 spiro atoms. The maximum atomic E-state index is 12.5. The predicted molar refractivity (Wildman–Crippen MR) is 108 cm³/mol. The summed E-state index contributed by atoms with van der Waals surface area (Å²) in [5.74, 6) is 0.285. The maximum Gasteiger partial charge on any atom is 0.236 e. The Balaban J connectivity index is 1.29. The van der Waals surface area contributed by atoms with E-state index in [4.69, 9.17) is 4.74 Å². The first-order valence-electron chi connectivity index (χ1n) is 10.2. The van der Waals surface area contributed by atoms with Crippen LogP contribution in [0, 0.1) is 0 Å². The fourth-order valence-electron chi connectivity index (χ4n) is 3.78. The molecule has 2 aliphatic heterocycles. The van der Waals surface area contributed by atoms with Crippen LogP contribution >= 0.6 is 11.3 Å². The first-order valence-corrected chi connectivity index (χ1v) is 11.1. The van der Waals surface area contributed by atoms with Crippen LogP contribution in [-0.4, -0.2) is 90.8 Å². The molecule has 2 saturated heterocycles. The minimum atomic E-state index is -0.463. The van der Waals surface area contributed by atoms with E-state index in [1.807, 2.05) is 22.4 Å². The van der Waals surface area contributed by atoms with Crippen LogP contribution in [0.25, 0.3) is 0 Å². The zero-order valence-electron chi connectivity index (χ0n) is 16.2. The third-order valence-corrected chi connectivity index (χ3v) is 6.24. The number of ether oxygens (including phenoxy) is 1. The zero-order chi connectivity index (χ0) is 18.9. The van der Waals surface area contributed by atoms with E-state index in [1.54, 1.807) is 11.3 Å². The van der Waals surface area contributed by atoms with Crippen molar-refractivity contribution >= 4 is 17.2 Å². The van der Waals surface area contributed by atoms with Crippen LogP contribution in [-0.2, 0) is 16.1 Å². The van der Waals surface area contributed by atoms with Gasteiger partial charge in [-0.2, -0.15) is 0 Å². The van der Waals surface area contributed by atoms with Crippen molar-refractivity contribution in [3.8, 4) is 0 Å². The number of likely N-dealkylation sites (tertiary alicyclic amines) is 1. The van der Waals surface area contributed by atoms with E-state index in [0.717, 1.165) is 52.1 Å². The van der Waals surface area contributed by atoms with Crippen molar-refractivity contribution in [2.24, 2.45) is 0 Å². The lowest BCUT2D eigenvalue weighted by Gasteiger charge is -2.36. The Kier molecular flexibility index (Phi) is 8.54. The molecule has 0 saturated carbocycles. The molecule has 0 bridgehead atoms. The first-order chi connectivity index (χ1) is 13.2. The van der Waals surface area contributed by atoms with Gasteiger partial charge in [0.1, 0.15) is 0 Å². The smallest absolute Gasteiger partial charge is 0.236 e. The van der Waals surface area contributed by atoms with Gasteiger partial charge < -0.3 is 14.7 Å². The fraction of sp³-hybridized carbons (Fsp3) is 0.750. The number of hydrogen-bond donors (Lipinski definition) is 1. The summed E-state index contributed by atoms with van der Waals surface area (Å²) < 4.78 is 5.61. The van der Waals surface area contributed by atoms with Gasteiger partial charge >= 0.3 is 0 Å². The Hall–Kier alpha value is -0.990. The summed E-state index contributed by atoms with van der Waals surface area (Å²) >= 11 is 1.67. The van der Waals surface area contributed by atoms with Gasteiger partial charge in [-0.15, -0.1) is 11.3 Å². The molecule has 2 fully saturated rings. The molecule has 0 radical (unpaired) electrons. The quantitative estimate of drug-likeness (QED) is 0.725. The van der Waals surface area contributed by atoms with Crippen molar-refractivity contribution < 1.29 is 14.6 Å². The topological polar surface area (TPSA) is 56.3 Å². The van der Waals surface area contributed by atoms with Gasteiger partial charge in [0.15, 0.2) is 0 Å². The fourth-order valence-corrected chi connectivity index (χ4v) is 4.42. The molecular weight excluding hydrogens is 362 g/mol. The Morgan fingerprint density at radius 2 is 1.78 bits per heavy atom. The number of piperazine rings is 1. The molecule has 0 aromatic carbocycles. The molecule has 152 valence electrons. The monoisotopic (exact) mass is 395 g/mol. The Morgan fingerprint density at radius 3 is 2.44 bits per heavy atom. The van der Waals surface area contributed by atoms with E-state index >= 15 is 0 Å². The minimum absolute atomic E-state index is 0.285. The molecule has 27 heavy (non-hydrogen) atoms. The molecule has 3 heterocycles. The number of aliphatic hydroxyl groups excluding tert-OH is 1. The van der Waals surface area contributed by atoms with E-state index < -0.39 is 6.10 Å². The number of hydrogen-bond acceptors (Lipinski definition) is 6.